The Hall–Kier alpha value is -0.200. The maximum Gasteiger partial charge on any atom is 0.227 e. The van der Waals surface area contributed by atoms with E-state index in [4.69, 9.17) is 40.5 Å². The van der Waals surface area contributed by atoms with Gasteiger partial charge in [-0.05, 0) is 75.3 Å². The Balaban J connectivity index is 0.000000204. The molecule has 8 heteroatoms. The first kappa shape index (κ1) is 17.9. The van der Waals surface area contributed by atoms with Gasteiger partial charge in [0.15, 0.2) is 0 Å². The molecule has 1 aromatic rings. The van der Waals surface area contributed by atoms with E-state index in [2.05, 4.69) is 48.0 Å². The van der Waals surface area contributed by atoms with E-state index >= 15 is 0 Å². The minimum absolute atomic E-state index is 0.000000000000000444. The molecule has 1 saturated heterocycles. The lowest BCUT2D eigenvalue weighted by atomic mass is 9.80. The van der Waals surface area contributed by atoms with Crippen LogP contribution in [0, 0.1) is 0 Å². The number of aromatic nitrogens is 3. The summed E-state index contributed by atoms with van der Waals surface area (Å²) in [6.07, 6.45) is 2.16. The van der Waals surface area contributed by atoms with Crippen LogP contribution in [0.25, 0.3) is 0 Å². The van der Waals surface area contributed by atoms with Crippen LogP contribution in [-0.2, 0) is 0 Å². The van der Waals surface area contributed by atoms with Gasteiger partial charge in [0, 0.05) is 17.1 Å². The highest BCUT2D eigenvalue weighted by atomic mass is 35.5. The molecular formula is C12H20Cl3N5. The third kappa shape index (κ3) is 6.50. The van der Waals surface area contributed by atoms with Gasteiger partial charge in [-0.25, -0.2) is 0 Å². The summed E-state index contributed by atoms with van der Waals surface area (Å²) < 4.78 is 0. The molecule has 0 amide bonds. The minimum atomic E-state index is 0.000000000000000444. The van der Waals surface area contributed by atoms with Gasteiger partial charge < -0.3 is 11.1 Å². The second-order valence-corrected chi connectivity index (χ2v) is 7.22. The lowest BCUT2D eigenvalue weighted by Gasteiger charge is -2.45. The molecule has 0 unspecified atom stereocenters. The van der Waals surface area contributed by atoms with Gasteiger partial charge in [0.05, 0.1) is 0 Å². The summed E-state index contributed by atoms with van der Waals surface area (Å²) in [7, 11) is 0. The molecule has 0 radical (unpaired) electrons. The quantitative estimate of drug-likeness (QED) is 0.759. The maximum atomic E-state index is 5.95. The molecule has 0 bridgehead atoms. The van der Waals surface area contributed by atoms with Crippen molar-refractivity contribution in [2.45, 2.75) is 57.7 Å². The summed E-state index contributed by atoms with van der Waals surface area (Å²) in [4.78, 5) is 10.4. The Bertz CT molecular complexity index is 398. The number of rotatable bonds is 0. The number of hydrogen-bond donors (Lipinski definition) is 2. The highest BCUT2D eigenvalue weighted by Crippen LogP contribution is 2.26. The third-order valence-electron chi connectivity index (χ3n) is 2.78. The Morgan fingerprint density at radius 2 is 1.20 bits per heavy atom. The van der Waals surface area contributed by atoms with E-state index in [0.717, 1.165) is 12.8 Å². The van der Waals surface area contributed by atoms with E-state index in [-0.39, 0.29) is 26.9 Å². The van der Waals surface area contributed by atoms with E-state index in [1.807, 2.05) is 0 Å². The molecule has 20 heavy (non-hydrogen) atoms. The first-order valence-electron chi connectivity index (χ1n) is 6.27. The molecule has 3 N–H and O–H groups in total. The van der Waals surface area contributed by atoms with Crippen molar-refractivity contribution >= 4 is 34.8 Å². The average molecular weight is 341 g/mol. The van der Waals surface area contributed by atoms with Crippen LogP contribution in [0.3, 0.4) is 0 Å². The van der Waals surface area contributed by atoms with E-state index in [1.54, 1.807) is 0 Å². The second kappa shape index (κ2) is 6.71. The third-order valence-corrected chi connectivity index (χ3v) is 3.28. The van der Waals surface area contributed by atoms with Gasteiger partial charge in [0.2, 0.25) is 15.9 Å². The Morgan fingerprint density at radius 1 is 0.900 bits per heavy atom. The number of halogens is 3. The molecule has 0 spiro atoms. The fourth-order valence-electron chi connectivity index (χ4n) is 2.70. The summed E-state index contributed by atoms with van der Waals surface area (Å²) in [6.45, 7) is 8.86. The van der Waals surface area contributed by atoms with Crippen LogP contribution in [0.4, 0.5) is 0 Å². The monoisotopic (exact) mass is 339 g/mol. The highest BCUT2D eigenvalue weighted by Gasteiger charge is 2.35. The molecule has 5 nitrogen and oxygen atoms in total. The molecule has 1 fully saturated rings. The number of nitrogens with two attached hydrogens (primary N) is 1. The zero-order valence-corrected chi connectivity index (χ0v) is 14.3. The first-order chi connectivity index (χ1) is 8.99. The largest absolute Gasteiger partial charge is 0.328 e. The van der Waals surface area contributed by atoms with E-state index in [1.165, 1.54) is 0 Å². The normalized spacial score (nSPS) is 21.0. The van der Waals surface area contributed by atoms with Crippen molar-refractivity contribution in [3.8, 4) is 0 Å². The van der Waals surface area contributed by atoms with Gasteiger partial charge in [-0.1, -0.05) is 0 Å². The van der Waals surface area contributed by atoms with Crippen molar-refractivity contribution < 1.29 is 0 Å². The molecule has 0 atom stereocenters. The number of piperidine rings is 1. The van der Waals surface area contributed by atoms with Crippen molar-refractivity contribution in [1.29, 1.82) is 0 Å². The first-order valence-corrected chi connectivity index (χ1v) is 7.40. The van der Waals surface area contributed by atoms with Crippen LogP contribution in [0.5, 0.6) is 0 Å². The van der Waals surface area contributed by atoms with Crippen LogP contribution >= 0.6 is 34.8 Å². The summed E-state index contributed by atoms with van der Waals surface area (Å²) in [5.41, 5.74) is 6.36. The van der Waals surface area contributed by atoms with Crippen LogP contribution in [0.1, 0.15) is 40.5 Å². The Kier molecular flexibility index (Phi) is 5.99. The van der Waals surface area contributed by atoms with E-state index in [0.29, 0.717) is 6.04 Å². The van der Waals surface area contributed by atoms with E-state index < -0.39 is 0 Å². The smallest absolute Gasteiger partial charge is 0.227 e. The van der Waals surface area contributed by atoms with Crippen molar-refractivity contribution in [1.82, 2.24) is 20.3 Å². The van der Waals surface area contributed by atoms with Gasteiger partial charge in [0.25, 0.3) is 0 Å². The topological polar surface area (TPSA) is 76.7 Å². The van der Waals surface area contributed by atoms with Gasteiger partial charge in [-0.3, -0.25) is 0 Å². The molecule has 0 aliphatic carbocycles. The van der Waals surface area contributed by atoms with Crippen LogP contribution in [0.2, 0.25) is 15.9 Å². The standard InChI is InChI=1S/C9H20N2.C3Cl3N3/c1-8(2)5-7(10)6-9(3,4)11-8;4-1-7-2(5)9-3(6)8-1/h7,11H,5-6,10H2,1-4H3;. The zero-order chi connectivity index (χ0) is 15.6. The van der Waals surface area contributed by atoms with E-state index in [9.17, 15) is 0 Å². The predicted octanol–water partition coefficient (Wildman–Crippen LogP) is 3.09. The maximum absolute atomic E-state index is 5.95. The minimum Gasteiger partial charge on any atom is -0.328 e. The average Bonchev–Trinajstić information content (AvgIpc) is 2.08. The van der Waals surface area contributed by atoms with Gasteiger partial charge in [-0.2, -0.15) is 15.0 Å². The molecule has 1 aliphatic rings. The Morgan fingerprint density at radius 3 is 1.45 bits per heavy atom. The fraction of sp³-hybridized carbons (Fsp3) is 0.750. The number of nitrogens with zero attached hydrogens (tertiary/aromatic N) is 3. The second-order valence-electron chi connectivity index (χ2n) is 6.20. The molecule has 1 aromatic heterocycles. The zero-order valence-electron chi connectivity index (χ0n) is 12.0. The molecule has 2 heterocycles. The lowest BCUT2D eigenvalue weighted by Crippen LogP contribution is -2.60. The lowest BCUT2D eigenvalue weighted by molar-refractivity contribution is 0.163. The SMILES string of the molecule is CC1(C)CC(N)CC(C)(C)N1.Clc1nc(Cl)nc(Cl)n1. The highest BCUT2D eigenvalue weighted by molar-refractivity contribution is 6.33. The van der Waals surface area contributed by atoms with Gasteiger partial charge in [0.1, 0.15) is 0 Å². The van der Waals surface area contributed by atoms with Crippen LogP contribution < -0.4 is 11.1 Å². The van der Waals surface area contributed by atoms with Gasteiger partial charge in [-0.15, -0.1) is 0 Å². The molecule has 114 valence electrons. The van der Waals surface area contributed by atoms with Gasteiger partial charge >= 0.3 is 0 Å². The summed E-state index contributed by atoms with van der Waals surface area (Å²) in [5.74, 6) is 0. The molecule has 2 rings (SSSR count). The van der Waals surface area contributed by atoms with Crippen molar-refractivity contribution in [3.63, 3.8) is 0 Å². The molecule has 0 saturated carbocycles. The fourth-order valence-corrected chi connectivity index (χ4v) is 3.31. The molecule has 0 aromatic carbocycles. The van der Waals surface area contributed by atoms with Crippen molar-refractivity contribution in [3.05, 3.63) is 15.9 Å². The number of nitrogens with one attached hydrogen (secondary N) is 1. The summed E-state index contributed by atoms with van der Waals surface area (Å²) in [6, 6.07) is 0.362. The van der Waals surface area contributed by atoms with Crippen molar-refractivity contribution in [2.75, 3.05) is 0 Å². The molecule has 1 aliphatic heterocycles. The summed E-state index contributed by atoms with van der Waals surface area (Å²) >= 11 is 16.0. The number of hydrogen-bond acceptors (Lipinski definition) is 5. The molecular weight excluding hydrogens is 321 g/mol. The summed E-state index contributed by atoms with van der Waals surface area (Å²) in [5, 5.41) is 3.58. The Labute approximate surface area is 134 Å². The predicted molar refractivity (Wildman–Crippen MR) is 83.4 cm³/mol. The van der Waals surface area contributed by atoms with Crippen LogP contribution in [0.15, 0.2) is 0 Å². The van der Waals surface area contributed by atoms with Crippen molar-refractivity contribution in [2.24, 2.45) is 5.73 Å². The van der Waals surface area contributed by atoms with Crippen LogP contribution in [-0.4, -0.2) is 32.1 Å².